The molecule has 102 valence electrons. The Kier molecular flexibility index (Phi) is 2.57. The Morgan fingerprint density at radius 3 is 2.47 bits per heavy atom. The second-order valence-electron chi connectivity index (χ2n) is 4.37. The maximum absolute atomic E-state index is 13.2. The first-order chi connectivity index (χ1) is 8.80. The summed E-state index contributed by atoms with van der Waals surface area (Å²) >= 11 is 3.12. The van der Waals surface area contributed by atoms with Gasteiger partial charge in [0.05, 0.1) is 19.4 Å². The largest absolute Gasteiger partial charge is 0.460 e. The highest BCUT2D eigenvalue weighted by Gasteiger charge is 2.63. The van der Waals surface area contributed by atoms with Crippen molar-refractivity contribution in [3.63, 3.8) is 0 Å². The molecular weight excluding hydrogens is 332 g/mol. The minimum absolute atomic E-state index is 0.00812. The molecule has 3 nitrogen and oxygen atoms in total. The minimum atomic E-state index is -4.07. The zero-order valence-electron chi connectivity index (χ0n) is 9.34. The topological polar surface area (TPSA) is 29.3 Å². The number of hydrogen-bond acceptors (Lipinski definition) is 3. The standard InChI is InChI=1S/C11H7BrF4N2O/c12-7-3-6-1-2-19-8(6)9(17-7)18-4-10(13,14)11(15,16)5-18/h1-3H,4-5H2. The van der Waals surface area contributed by atoms with Crippen LogP contribution in [0, 0.1) is 0 Å². The van der Waals surface area contributed by atoms with Gasteiger partial charge in [-0.1, -0.05) is 0 Å². The molecule has 0 radical (unpaired) electrons. The van der Waals surface area contributed by atoms with Gasteiger partial charge < -0.3 is 9.32 Å². The summed E-state index contributed by atoms with van der Waals surface area (Å²) in [6.07, 6.45) is 1.36. The van der Waals surface area contributed by atoms with E-state index in [4.69, 9.17) is 4.42 Å². The van der Waals surface area contributed by atoms with Crippen molar-refractivity contribution in [2.75, 3.05) is 18.0 Å². The number of nitrogens with zero attached hydrogens (tertiary/aromatic N) is 2. The van der Waals surface area contributed by atoms with Gasteiger partial charge in [-0.05, 0) is 28.1 Å². The van der Waals surface area contributed by atoms with Gasteiger partial charge in [0.15, 0.2) is 11.4 Å². The Bertz CT molecular complexity index is 627. The van der Waals surface area contributed by atoms with Gasteiger partial charge >= 0.3 is 11.8 Å². The van der Waals surface area contributed by atoms with Crippen LogP contribution in [0.1, 0.15) is 0 Å². The lowest BCUT2D eigenvalue weighted by Gasteiger charge is -2.16. The fourth-order valence-electron chi connectivity index (χ4n) is 2.06. The highest BCUT2D eigenvalue weighted by Crippen LogP contribution is 2.43. The minimum Gasteiger partial charge on any atom is -0.460 e. The number of halogens is 5. The van der Waals surface area contributed by atoms with Crippen LogP contribution < -0.4 is 4.90 Å². The molecule has 0 atom stereocenters. The van der Waals surface area contributed by atoms with Gasteiger partial charge in [-0.3, -0.25) is 0 Å². The molecule has 3 heterocycles. The molecule has 19 heavy (non-hydrogen) atoms. The molecule has 0 bridgehead atoms. The lowest BCUT2D eigenvalue weighted by Crippen LogP contribution is -2.38. The monoisotopic (exact) mass is 338 g/mol. The summed E-state index contributed by atoms with van der Waals surface area (Å²) in [6, 6.07) is 3.23. The maximum Gasteiger partial charge on any atom is 0.329 e. The Morgan fingerprint density at radius 2 is 1.84 bits per heavy atom. The molecule has 0 saturated carbocycles. The first-order valence-electron chi connectivity index (χ1n) is 5.34. The molecule has 0 amide bonds. The Morgan fingerprint density at radius 1 is 1.21 bits per heavy atom. The molecule has 0 N–H and O–H groups in total. The molecule has 1 fully saturated rings. The van der Waals surface area contributed by atoms with Crippen LogP contribution in [-0.4, -0.2) is 29.9 Å². The van der Waals surface area contributed by atoms with Crippen LogP contribution >= 0.6 is 15.9 Å². The van der Waals surface area contributed by atoms with Crippen molar-refractivity contribution in [1.82, 2.24) is 4.98 Å². The predicted molar refractivity (Wildman–Crippen MR) is 63.8 cm³/mol. The van der Waals surface area contributed by atoms with E-state index >= 15 is 0 Å². The third-order valence-corrected chi connectivity index (χ3v) is 3.41. The van der Waals surface area contributed by atoms with Gasteiger partial charge in [0, 0.05) is 5.39 Å². The third-order valence-electron chi connectivity index (χ3n) is 3.00. The summed E-state index contributed by atoms with van der Waals surface area (Å²) in [5.74, 6) is -8.16. The van der Waals surface area contributed by atoms with Crippen molar-refractivity contribution < 1.29 is 22.0 Å². The summed E-state index contributed by atoms with van der Waals surface area (Å²) in [4.78, 5) is 4.81. The molecule has 0 aliphatic carbocycles. The van der Waals surface area contributed by atoms with Gasteiger partial charge in [0.25, 0.3) is 0 Å². The van der Waals surface area contributed by atoms with Crippen molar-refractivity contribution in [2.45, 2.75) is 11.8 Å². The second kappa shape index (κ2) is 3.84. The molecule has 1 aliphatic rings. The zero-order chi connectivity index (χ0) is 13.8. The smallest absolute Gasteiger partial charge is 0.329 e. The fraction of sp³-hybridized carbons (Fsp3) is 0.364. The summed E-state index contributed by atoms with van der Waals surface area (Å²) < 4.78 is 58.4. The SMILES string of the molecule is FC1(F)CN(c2nc(Br)cc3ccoc23)CC1(F)F. The zero-order valence-corrected chi connectivity index (χ0v) is 10.9. The first kappa shape index (κ1) is 12.7. The van der Waals surface area contributed by atoms with Crippen molar-refractivity contribution >= 4 is 32.7 Å². The van der Waals surface area contributed by atoms with E-state index < -0.39 is 24.9 Å². The van der Waals surface area contributed by atoms with Crippen LogP contribution in [0.15, 0.2) is 27.4 Å². The lowest BCUT2D eigenvalue weighted by atomic mass is 10.2. The van der Waals surface area contributed by atoms with Crippen LogP contribution in [-0.2, 0) is 0 Å². The number of alkyl halides is 4. The van der Waals surface area contributed by atoms with Gasteiger partial charge in [-0.2, -0.15) is 17.6 Å². The van der Waals surface area contributed by atoms with Crippen LogP contribution in [0.5, 0.6) is 0 Å². The molecule has 2 aromatic rings. The molecule has 0 unspecified atom stereocenters. The summed E-state index contributed by atoms with van der Waals surface area (Å²) in [5.41, 5.74) is 0.219. The van der Waals surface area contributed by atoms with E-state index in [2.05, 4.69) is 20.9 Å². The Labute approximate surface area is 113 Å². The van der Waals surface area contributed by atoms with Crippen LogP contribution in [0.3, 0.4) is 0 Å². The molecule has 0 spiro atoms. The van der Waals surface area contributed by atoms with Crippen LogP contribution in [0.4, 0.5) is 23.4 Å². The number of pyridine rings is 1. The van der Waals surface area contributed by atoms with Crippen LogP contribution in [0.2, 0.25) is 0 Å². The second-order valence-corrected chi connectivity index (χ2v) is 5.18. The Balaban J connectivity index is 2.09. The van der Waals surface area contributed by atoms with E-state index in [0.717, 1.165) is 4.90 Å². The van der Waals surface area contributed by atoms with Crippen molar-refractivity contribution in [2.24, 2.45) is 0 Å². The van der Waals surface area contributed by atoms with E-state index in [1.165, 1.54) is 6.26 Å². The molecule has 2 aromatic heterocycles. The normalized spacial score (nSPS) is 21.2. The molecule has 8 heteroatoms. The van der Waals surface area contributed by atoms with Crippen molar-refractivity contribution in [3.8, 4) is 0 Å². The number of anilines is 1. The number of furan rings is 1. The number of hydrogen-bond donors (Lipinski definition) is 0. The van der Waals surface area contributed by atoms with Gasteiger partial charge in [0.2, 0.25) is 0 Å². The van der Waals surface area contributed by atoms with E-state index in [1.807, 2.05) is 0 Å². The molecular formula is C11H7BrF4N2O. The van der Waals surface area contributed by atoms with Crippen molar-refractivity contribution in [1.29, 1.82) is 0 Å². The van der Waals surface area contributed by atoms with Crippen molar-refractivity contribution in [3.05, 3.63) is 23.0 Å². The van der Waals surface area contributed by atoms with E-state index in [-0.39, 0.29) is 11.4 Å². The van der Waals surface area contributed by atoms with Crippen LogP contribution in [0.25, 0.3) is 11.0 Å². The predicted octanol–water partition coefficient (Wildman–Crippen LogP) is 3.68. The third kappa shape index (κ3) is 1.89. The van der Waals surface area contributed by atoms with E-state index in [9.17, 15) is 17.6 Å². The lowest BCUT2D eigenvalue weighted by molar-refractivity contribution is -0.172. The Hall–Kier alpha value is -1.31. The molecule has 0 aromatic carbocycles. The van der Waals surface area contributed by atoms with E-state index in [0.29, 0.717) is 9.99 Å². The molecule has 1 saturated heterocycles. The highest BCUT2D eigenvalue weighted by molar-refractivity contribution is 9.10. The van der Waals surface area contributed by atoms with Gasteiger partial charge in [-0.15, -0.1) is 0 Å². The van der Waals surface area contributed by atoms with E-state index in [1.54, 1.807) is 12.1 Å². The summed E-state index contributed by atoms with van der Waals surface area (Å²) in [5, 5.41) is 0.607. The average molecular weight is 339 g/mol. The number of rotatable bonds is 1. The summed E-state index contributed by atoms with van der Waals surface area (Å²) in [6.45, 7) is -2.17. The first-order valence-corrected chi connectivity index (χ1v) is 6.14. The quantitative estimate of drug-likeness (QED) is 0.586. The molecule has 1 aliphatic heterocycles. The molecule has 3 rings (SSSR count). The van der Waals surface area contributed by atoms with Gasteiger partial charge in [-0.25, -0.2) is 4.98 Å². The average Bonchev–Trinajstić information content (AvgIpc) is 2.80. The summed E-state index contributed by atoms with van der Waals surface area (Å²) in [7, 11) is 0. The fourth-order valence-corrected chi connectivity index (χ4v) is 2.47. The number of fused-ring (bicyclic) bond motifs is 1. The van der Waals surface area contributed by atoms with Gasteiger partial charge in [0.1, 0.15) is 4.60 Å². The highest BCUT2D eigenvalue weighted by atomic mass is 79.9. The maximum atomic E-state index is 13.2. The number of aromatic nitrogens is 1.